The molecule has 0 aliphatic rings. The molecule has 1 N–H and O–H groups in total. The van der Waals surface area contributed by atoms with E-state index in [4.69, 9.17) is 14.0 Å². The Balaban J connectivity index is 2.04. The Hall–Kier alpha value is -2.01. The van der Waals surface area contributed by atoms with Crippen LogP contribution in [-0.2, 0) is 0 Å². The first-order chi connectivity index (χ1) is 11.5. The van der Waals surface area contributed by atoms with E-state index in [0.717, 1.165) is 41.4 Å². The van der Waals surface area contributed by atoms with Gasteiger partial charge >= 0.3 is 0 Å². The number of aryl methyl sites for hydroxylation is 1. The van der Waals surface area contributed by atoms with E-state index in [0.29, 0.717) is 6.61 Å². The first-order valence-electron chi connectivity index (χ1n) is 8.55. The summed E-state index contributed by atoms with van der Waals surface area (Å²) in [5, 5.41) is 7.60. The number of hydrogen-bond acceptors (Lipinski definition) is 5. The average molecular weight is 332 g/mol. The normalized spacial score (nSPS) is 13.5. The molecule has 0 fully saturated rings. The van der Waals surface area contributed by atoms with Crippen LogP contribution in [0.25, 0.3) is 0 Å². The van der Waals surface area contributed by atoms with Gasteiger partial charge in [0.2, 0.25) is 0 Å². The third-order valence-electron chi connectivity index (χ3n) is 4.03. The molecule has 0 amide bonds. The number of ether oxygens (including phenoxy) is 2. The van der Waals surface area contributed by atoms with E-state index in [9.17, 15) is 0 Å². The highest BCUT2D eigenvalue weighted by Crippen LogP contribution is 2.31. The Morgan fingerprint density at radius 3 is 2.58 bits per heavy atom. The van der Waals surface area contributed by atoms with E-state index in [2.05, 4.69) is 37.3 Å². The molecular formula is C19H28N2O3. The van der Waals surface area contributed by atoms with Crippen molar-refractivity contribution in [2.24, 2.45) is 0 Å². The molecule has 0 radical (unpaired) electrons. The van der Waals surface area contributed by atoms with Gasteiger partial charge in [-0.3, -0.25) is 0 Å². The first-order valence-corrected chi connectivity index (χ1v) is 8.55. The van der Waals surface area contributed by atoms with Crippen molar-refractivity contribution < 1.29 is 14.0 Å². The van der Waals surface area contributed by atoms with Crippen molar-refractivity contribution in [1.29, 1.82) is 0 Å². The second-order valence-electron chi connectivity index (χ2n) is 6.08. The second-order valence-corrected chi connectivity index (χ2v) is 6.08. The van der Waals surface area contributed by atoms with E-state index in [1.807, 2.05) is 25.1 Å². The summed E-state index contributed by atoms with van der Waals surface area (Å²) in [4.78, 5) is 0. The monoisotopic (exact) mass is 332 g/mol. The molecule has 0 saturated carbocycles. The van der Waals surface area contributed by atoms with Gasteiger partial charge in [-0.25, -0.2) is 0 Å². The fraction of sp³-hybridized carbons (Fsp3) is 0.526. The van der Waals surface area contributed by atoms with Crippen LogP contribution in [-0.4, -0.2) is 18.9 Å². The summed E-state index contributed by atoms with van der Waals surface area (Å²) in [5.74, 6) is 2.38. The summed E-state index contributed by atoms with van der Waals surface area (Å²) in [6.07, 6.45) is 2.15. The molecule has 0 aliphatic carbocycles. The van der Waals surface area contributed by atoms with E-state index in [1.165, 1.54) is 0 Å². The van der Waals surface area contributed by atoms with Crippen LogP contribution in [0.1, 0.15) is 62.7 Å². The number of nitrogens with one attached hydrogen (secondary N) is 1. The fourth-order valence-corrected chi connectivity index (χ4v) is 2.55. The second kappa shape index (κ2) is 8.73. The van der Waals surface area contributed by atoms with Gasteiger partial charge in [0.15, 0.2) is 11.5 Å². The highest BCUT2D eigenvalue weighted by atomic mass is 16.5. The van der Waals surface area contributed by atoms with Crippen LogP contribution in [0.2, 0.25) is 0 Å². The number of nitrogens with zero attached hydrogens (tertiary/aromatic N) is 1. The van der Waals surface area contributed by atoms with Crippen LogP contribution in [0.5, 0.6) is 11.5 Å². The van der Waals surface area contributed by atoms with Crippen LogP contribution in [0.4, 0.5) is 0 Å². The summed E-state index contributed by atoms with van der Waals surface area (Å²) >= 11 is 0. The van der Waals surface area contributed by atoms with Gasteiger partial charge in [0.05, 0.1) is 19.8 Å². The van der Waals surface area contributed by atoms with Gasteiger partial charge < -0.3 is 19.3 Å². The van der Waals surface area contributed by atoms with Crippen LogP contribution < -0.4 is 14.8 Å². The molecule has 1 aromatic heterocycles. The molecular weight excluding hydrogens is 304 g/mol. The van der Waals surface area contributed by atoms with E-state index < -0.39 is 0 Å². The van der Waals surface area contributed by atoms with Gasteiger partial charge in [0.25, 0.3) is 0 Å². The van der Waals surface area contributed by atoms with Crippen molar-refractivity contribution in [3.63, 3.8) is 0 Å². The smallest absolute Gasteiger partial charge is 0.161 e. The van der Waals surface area contributed by atoms with Gasteiger partial charge in [-0.05, 0) is 44.9 Å². The zero-order valence-corrected chi connectivity index (χ0v) is 15.3. The average Bonchev–Trinajstić information content (AvgIpc) is 3.01. The van der Waals surface area contributed by atoms with Gasteiger partial charge in [-0.15, -0.1) is 0 Å². The maximum atomic E-state index is 5.79. The largest absolute Gasteiger partial charge is 0.493 e. The zero-order valence-electron chi connectivity index (χ0n) is 15.3. The van der Waals surface area contributed by atoms with Crippen molar-refractivity contribution in [3.05, 3.63) is 41.3 Å². The molecule has 2 aromatic rings. The fourth-order valence-electron chi connectivity index (χ4n) is 2.55. The summed E-state index contributed by atoms with van der Waals surface area (Å²) < 4.78 is 16.4. The molecule has 0 spiro atoms. The van der Waals surface area contributed by atoms with Gasteiger partial charge in [-0.1, -0.05) is 24.6 Å². The predicted octanol–water partition coefficient (Wildman–Crippen LogP) is 4.58. The van der Waals surface area contributed by atoms with Crippen molar-refractivity contribution in [3.8, 4) is 11.5 Å². The molecule has 24 heavy (non-hydrogen) atoms. The van der Waals surface area contributed by atoms with Crippen molar-refractivity contribution in [2.45, 2.75) is 52.6 Å². The minimum atomic E-state index is 0.101. The predicted molar refractivity (Wildman–Crippen MR) is 94.6 cm³/mol. The van der Waals surface area contributed by atoms with Crippen LogP contribution >= 0.6 is 0 Å². The lowest BCUT2D eigenvalue weighted by Gasteiger charge is -2.20. The van der Waals surface area contributed by atoms with Crippen LogP contribution in [0.3, 0.4) is 0 Å². The molecule has 1 aromatic carbocycles. The molecule has 1 heterocycles. The molecule has 2 atom stereocenters. The summed E-state index contributed by atoms with van der Waals surface area (Å²) in [5.41, 5.74) is 2.05. The lowest BCUT2D eigenvalue weighted by Crippen LogP contribution is -2.22. The van der Waals surface area contributed by atoms with Crippen LogP contribution in [0, 0.1) is 6.92 Å². The summed E-state index contributed by atoms with van der Waals surface area (Å²) in [7, 11) is 1.67. The highest BCUT2D eigenvalue weighted by Gasteiger charge is 2.16. The molecule has 0 unspecified atom stereocenters. The van der Waals surface area contributed by atoms with Crippen molar-refractivity contribution in [1.82, 2.24) is 10.5 Å². The Bertz CT molecular complexity index is 639. The molecule has 0 aliphatic heterocycles. The lowest BCUT2D eigenvalue weighted by atomic mass is 10.1. The molecule has 132 valence electrons. The Labute approximate surface area is 144 Å². The molecule has 5 nitrogen and oxygen atoms in total. The Kier molecular flexibility index (Phi) is 6.67. The van der Waals surface area contributed by atoms with Gasteiger partial charge in [-0.2, -0.15) is 0 Å². The maximum Gasteiger partial charge on any atom is 0.161 e. The third kappa shape index (κ3) is 4.74. The maximum absolute atomic E-state index is 5.79. The van der Waals surface area contributed by atoms with Gasteiger partial charge in [0.1, 0.15) is 11.5 Å². The standard InChI is InChI=1S/C19H28N2O3/c1-6-7-10-23-18-9-8-16(12-19(18)22-5)14(3)20-15(4)17-11-13(2)24-21-17/h8-9,11-12,14-15,20H,6-7,10H2,1-5H3/t14-,15+/m0/s1. The topological polar surface area (TPSA) is 56.5 Å². The molecule has 0 saturated heterocycles. The van der Waals surface area contributed by atoms with Gasteiger partial charge in [0, 0.05) is 12.1 Å². The first kappa shape index (κ1) is 18.3. The van der Waals surface area contributed by atoms with E-state index >= 15 is 0 Å². The molecule has 2 rings (SSSR count). The summed E-state index contributed by atoms with van der Waals surface area (Å²) in [6, 6.07) is 8.28. The SMILES string of the molecule is CCCCOc1ccc([C@H](C)N[C@H](C)c2cc(C)on2)cc1OC. The quantitative estimate of drug-likeness (QED) is 0.681. The highest BCUT2D eigenvalue weighted by molar-refractivity contribution is 5.43. The minimum Gasteiger partial charge on any atom is -0.493 e. The van der Waals surface area contributed by atoms with Crippen molar-refractivity contribution >= 4 is 0 Å². The summed E-state index contributed by atoms with van der Waals surface area (Å²) in [6.45, 7) is 8.95. The number of methoxy groups -OCH3 is 1. The zero-order chi connectivity index (χ0) is 17.5. The number of unbranched alkanes of at least 4 members (excludes halogenated alkanes) is 1. The third-order valence-corrected chi connectivity index (χ3v) is 4.03. The Morgan fingerprint density at radius 1 is 1.17 bits per heavy atom. The van der Waals surface area contributed by atoms with Crippen LogP contribution in [0.15, 0.2) is 28.8 Å². The molecule has 0 bridgehead atoms. The number of aromatic nitrogens is 1. The van der Waals surface area contributed by atoms with E-state index in [1.54, 1.807) is 7.11 Å². The minimum absolute atomic E-state index is 0.101. The van der Waals surface area contributed by atoms with Crippen molar-refractivity contribution in [2.75, 3.05) is 13.7 Å². The number of benzene rings is 1. The number of hydrogen-bond donors (Lipinski definition) is 1. The molecule has 5 heteroatoms. The van der Waals surface area contributed by atoms with E-state index in [-0.39, 0.29) is 12.1 Å². The lowest BCUT2D eigenvalue weighted by molar-refractivity contribution is 0.288. The number of rotatable bonds is 9. The Morgan fingerprint density at radius 2 is 1.96 bits per heavy atom.